The molecule has 0 bridgehead atoms. The van der Waals surface area contributed by atoms with E-state index >= 15 is 0 Å². The van der Waals surface area contributed by atoms with Crippen molar-refractivity contribution in [1.29, 1.82) is 0 Å². The Morgan fingerprint density at radius 2 is 2.17 bits per heavy atom. The fraction of sp³-hybridized carbons (Fsp3) is 0.154. The van der Waals surface area contributed by atoms with E-state index in [4.69, 9.17) is 11.6 Å². The first kappa shape index (κ1) is 13.2. The maximum absolute atomic E-state index is 12.1. The largest absolute Gasteiger partial charge is 0.344 e. The summed E-state index contributed by atoms with van der Waals surface area (Å²) >= 11 is 9.33. The van der Waals surface area contributed by atoms with Crippen LogP contribution < -0.4 is 5.32 Å². The van der Waals surface area contributed by atoms with E-state index in [1.54, 1.807) is 24.3 Å². The molecule has 0 saturated heterocycles. The minimum absolute atomic E-state index is 0.148. The van der Waals surface area contributed by atoms with Crippen molar-refractivity contribution >= 4 is 39.1 Å². The maximum Gasteiger partial charge on any atom is 0.272 e. The highest BCUT2D eigenvalue weighted by atomic mass is 79.9. The van der Waals surface area contributed by atoms with Crippen LogP contribution in [0, 0.1) is 0 Å². The Kier molecular flexibility index (Phi) is 4.09. The van der Waals surface area contributed by atoms with Crippen molar-refractivity contribution < 1.29 is 4.79 Å². The van der Waals surface area contributed by atoms with Crippen LogP contribution in [0.5, 0.6) is 0 Å². The topological polar surface area (TPSA) is 34.0 Å². The van der Waals surface area contributed by atoms with Crippen LogP contribution in [0.1, 0.15) is 17.4 Å². The number of hydrogen-bond acceptors (Lipinski definition) is 1. The van der Waals surface area contributed by atoms with E-state index < -0.39 is 0 Å². The van der Waals surface area contributed by atoms with Gasteiger partial charge in [-0.25, -0.2) is 0 Å². The highest BCUT2D eigenvalue weighted by molar-refractivity contribution is 9.10. The van der Waals surface area contributed by atoms with Gasteiger partial charge in [-0.2, -0.15) is 0 Å². The number of rotatable bonds is 3. The van der Waals surface area contributed by atoms with Crippen LogP contribution in [-0.4, -0.2) is 10.5 Å². The summed E-state index contributed by atoms with van der Waals surface area (Å²) in [5, 5.41) is 3.41. The molecule has 1 amide bonds. The quantitative estimate of drug-likeness (QED) is 0.901. The Balaban J connectivity index is 2.24. The number of hydrogen-bond donors (Lipinski definition) is 1. The summed E-state index contributed by atoms with van der Waals surface area (Å²) in [6.07, 6.45) is 1.88. The second-order valence-corrected chi connectivity index (χ2v) is 4.94. The lowest BCUT2D eigenvalue weighted by atomic mass is 10.3. The maximum atomic E-state index is 12.1. The monoisotopic (exact) mass is 326 g/mol. The summed E-state index contributed by atoms with van der Waals surface area (Å²) in [6.45, 7) is 2.75. The van der Waals surface area contributed by atoms with Crippen LogP contribution in [0.15, 0.2) is 41.0 Å². The molecule has 5 heteroatoms. The fourth-order valence-corrected chi connectivity index (χ4v) is 2.22. The summed E-state index contributed by atoms with van der Waals surface area (Å²) in [6, 6.07) is 8.99. The fourth-order valence-electron chi connectivity index (χ4n) is 1.68. The molecule has 0 radical (unpaired) electrons. The Bertz CT molecular complexity index is 580. The lowest BCUT2D eigenvalue weighted by Gasteiger charge is -2.10. The Hall–Kier alpha value is -1.26. The summed E-state index contributed by atoms with van der Waals surface area (Å²) in [7, 11) is 0. The molecular weight excluding hydrogens is 316 g/mol. The van der Waals surface area contributed by atoms with E-state index in [2.05, 4.69) is 21.2 Å². The van der Waals surface area contributed by atoms with E-state index in [1.165, 1.54) is 0 Å². The number of aryl methyl sites for hydroxylation is 1. The second kappa shape index (κ2) is 5.59. The SMILES string of the molecule is CCn1cccc1C(=O)Nc1cccc(Cl)c1Br. The predicted octanol–water partition coefficient (Wildman–Crippen LogP) is 4.18. The molecule has 0 aliphatic heterocycles. The highest BCUT2D eigenvalue weighted by Crippen LogP contribution is 2.30. The smallest absolute Gasteiger partial charge is 0.272 e. The number of nitrogens with zero attached hydrogens (tertiary/aromatic N) is 1. The zero-order valence-corrected chi connectivity index (χ0v) is 12.1. The molecule has 0 spiro atoms. The van der Waals surface area contributed by atoms with E-state index in [0.29, 0.717) is 20.9 Å². The Morgan fingerprint density at radius 3 is 2.89 bits per heavy atom. The molecule has 1 N–H and O–H groups in total. The van der Waals surface area contributed by atoms with Gasteiger partial charge in [0.1, 0.15) is 5.69 Å². The van der Waals surface area contributed by atoms with Crippen molar-refractivity contribution in [3.63, 3.8) is 0 Å². The Labute approximate surface area is 119 Å². The normalized spacial score (nSPS) is 10.4. The van der Waals surface area contributed by atoms with Gasteiger partial charge in [-0.3, -0.25) is 4.79 Å². The third-order valence-electron chi connectivity index (χ3n) is 2.60. The van der Waals surface area contributed by atoms with Crippen molar-refractivity contribution in [2.45, 2.75) is 13.5 Å². The standard InChI is InChI=1S/C13H12BrClN2O/c1-2-17-8-4-7-11(17)13(18)16-10-6-3-5-9(15)12(10)14/h3-8H,2H2,1H3,(H,16,18). The number of aromatic nitrogens is 1. The minimum Gasteiger partial charge on any atom is -0.344 e. The number of anilines is 1. The van der Waals surface area contributed by atoms with Gasteiger partial charge in [-0.05, 0) is 47.1 Å². The first-order valence-corrected chi connectivity index (χ1v) is 6.71. The van der Waals surface area contributed by atoms with Gasteiger partial charge in [0.05, 0.1) is 15.2 Å². The minimum atomic E-state index is -0.148. The molecule has 0 fully saturated rings. The summed E-state index contributed by atoms with van der Waals surface area (Å²) in [5.41, 5.74) is 1.29. The van der Waals surface area contributed by atoms with Crippen molar-refractivity contribution in [3.05, 3.63) is 51.7 Å². The molecule has 1 aromatic carbocycles. The van der Waals surface area contributed by atoms with Crippen LogP contribution in [0.25, 0.3) is 0 Å². The molecule has 2 rings (SSSR count). The van der Waals surface area contributed by atoms with Gasteiger partial charge in [-0.1, -0.05) is 17.7 Å². The molecular formula is C13H12BrClN2O. The first-order chi connectivity index (χ1) is 8.63. The molecule has 0 unspecified atom stereocenters. The molecule has 1 aromatic heterocycles. The average molecular weight is 328 g/mol. The molecule has 0 aliphatic rings. The van der Waals surface area contributed by atoms with Gasteiger partial charge in [0, 0.05) is 12.7 Å². The number of halogens is 2. The average Bonchev–Trinajstić information content (AvgIpc) is 2.83. The summed E-state index contributed by atoms with van der Waals surface area (Å²) in [4.78, 5) is 12.1. The Morgan fingerprint density at radius 1 is 1.39 bits per heavy atom. The first-order valence-electron chi connectivity index (χ1n) is 5.54. The number of nitrogens with one attached hydrogen (secondary N) is 1. The van der Waals surface area contributed by atoms with E-state index in [-0.39, 0.29) is 5.91 Å². The lowest BCUT2D eigenvalue weighted by Crippen LogP contribution is -2.16. The molecule has 2 aromatic rings. The van der Waals surface area contributed by atoms with Crippen LogP contribution in [0.4, 0.5) is 5.69 Å². The zero-order valence-electron chi connectivity index (χ0n) is 9.78. The molecule has 94 valence electrons. The second-order valence-electron chi connectivity index (χ2n) is 3.73. The molecule has 1 heterocycles. The van der Waals surface area contributed by atoms with Crippen molar-refractivity contribution in [2.24, 2.45) is 0 Å². The van der Waals surface area contributed by atoms with Gasteiger partial charge in [0.25, 0.3) is 5.91 Å². The number of benzene rings is 1. The van der Waals surface area contributed by atoms with Crippen molar-refractivity contribution in [1.82, 2.24) is 4.57 Å². The van der Waals surface area contributed by atoms with Crippen LogP contribution in [0.2, 0.25) is 5.02 Å². The van der Waals surface area contributed by atoms with Crippen molar-refractivity contribution in [2.75, 3.05) is 5.32 Å². The van der Waals surface area contributed by atoms with Crippen LogP contribution in [-0.2, 0) is 6.54 Å². The van der Waals surface area contributed by atoms with Gasteiger partial charge >= 0.3 is 0 Å². The molecule has 3 nitrogen and oxygen atoms in total. The van der Waals surface area contributed by atoms with E-state index in [0.717, 1.165) is 6.54 Å². The predicted molar refractivity (Wildman–Crippen MR) is 77.2 cm³/mol. The molecule has 0 saturated carbocycles. The van der Waals surface area contributed by atoms with Crippen molar-refractivity contribution in [3.8, 4) is 0 Å². The van der Waals surface area contributed by atoms with Gasteiger partial charge in [0.15, 0.2) is 0 Å². The summed E-state index contributed by atoms with van der Waals surface area (Å²) in [5.74, 6) is -0.148. The van der Waals surface area contributed by atoms with Crippen LogP contribution in [0.3, 0.4) is 0 Å². The number of carbonyl (C=O) groups excluding carboxylic acids is 1. The molecule has 0 aliphatic carbocycles. The highest BCUT2D eigenvalue weighted by Gasteiger charge is 2.12. The van der Waals surface area contributed by atoms with E-state index in [1.807, 2.05) is 23.8 Å². The molecule has 0 atom stereocenters. The third kappa shape index (κ3) is 2.60. The summed E-state index contributed by atoms with van der Waals surface area (Å²) < 4.78 is 2.57. The lowest BCUT2D eigenvalue weighted by molar-refractivity contribution is 0.101. The number of carbonyl (C=O) groups is 1. The molecule has 18 heavy (non-hydrogen) atoms. The zero-order chi connectivity index (χ0) is 13.1. The van der Waals surface area contributed by atoms with Gasteiger partial charge < -0.3 is 9.88 Å². The third-order valence-corrected chi connectivity index (χ3v) is 4.00. The van der Waals surface area contributed by atoms with Gasteiger partial charge in [0.2, 0.25) is 0 Å². The van der Waals surface area contributed by atoms with Crippen LogP contribution >= 0.6 is 27.5 Å². The van der Waals surface area contributed by atoms with Gasteiger partial charge in [-0.15, -0.1) is 0 Å². The van der Waals surface area contributed by atoms with E-state index in [9.17, 15) is 4.79 Å². The number of amides is 1.